The summed E-state index contributed by atoms with van der Waals surface area (Å²) in [7, 11) is 0. The molecule has 1 aromatic carbocycles. The molecule has 0 fully saturated rings. The fraction of sp³-hybridized carbons (Fsp3) is 0.500. The van der Waals surface area contributed by atoms with Crippen LogP contribution in [0.4, 0.5) is 13.2 Å². The van der Waals surface area contributed by atoms with Gasteiger partial charge in [0.15, 0.2) is 0 Å². The first-order valence-corrected chi connectivity index (χ1v) is 9.92. The lowest BCUT2D eigenvalue weighted by Crippen LogP contribution is -2.47. The lowest BCUT2D eigenvalue weighted by atomic mass is 9.93. The summed E-state index contributed by atoms with van der Waals surface area (Å²) in [5.74, 6) is -0.193. The van der Waals surface area contributed by atoms with Crippen molar-refractivity contribution in [3.05, 3.63) is 51.2 Å². The van der Waals surface area contributed by atoms with Crippen molar-refractivity contribution in [3.63, 3.8) is 0 Å². The lowest BCUT2D eigenvalue weighted by molar-refractivity contribution is -0.139. The minimum atomic E-state index is -4.54. The van der Waals surface area contributed by atoms with Gasteiger partial charge in [0.05, 0.1) is 30.9 Å². The van der Waals surface area contributed by atoms with E-state index in [1.807, 2.05) is 12.3 Å². The molecule has 0 saturated heterocycles. The first-order chi connectivity index (χ1) is 13.2. The van der Waals surface area contributed by atoms with Gasteiger partial charge in [-0.15, -0.1) is 11.3 Å². The van der Waals surface area contributed by atoms with Gasteiger partial charge in [-0.05, 0) is 67.3 Å². The van der Waals surface area contributed by atoms with E-state index < -0.39 is 30.5 Å². The fourth-order valence-corrected chi connectivity index (χ4v) is 3.65. The van der Waals surface area contributed by atoms with Crippen molar-refractivity contribution >= 4 is 11.3 Å². The number of nitrogens with two attached hydrogens (primary N) is 1. The summed E-state index contributed by atoms with van der Waals surface area (Å²) in [6.07, 6.45) is -2.78. The van der Waals surface area contributed by atoms with Gasteiger partial charge < -0.3 is 20.7 Å². The van der Waals surface area contributed by atoms with Crippen molar-refractivity contribution in [3.8, 4) is 5.75 Å². The highest BCUT2D eigenvalue weighted by Crippen LogP contribution is 2.37. The lowest BCUT2D eigenvalue weighted by Gasteiger charge is -2.24. The van der Waals surface area contributed by atoms with Gasteiger partial charge in [-0.1, -0.05) is 6.07 Å². The molecule has 4 nitrogen and oxygen atoms in total. The largest absolute Gasteiger partial charge is 0.493 e. The van der Waals surface area contributed by atoms with Crippen LogP contribution in [0.15, 0.2) is 29.6 Å². The van der Waals surface area contributed by atoms with Crippen LogP contribution in [0.1, 0.15) is 34.4 Å². The highest BCUT2D eigenvalue weighted by molar-refractivity contribution is 7.10. The third-order valence-electron chi connectivity index (χ3n) is 4.50. The molecule has 0 atom stereocenters. The van der Waals surface area contributed by atoms with Gasteiger partial charge in [-0.25, -0.2) is 0 Å². The molecule has 1 aromatic heterocycles. The van der Waals surface area contributed by atoms with E-state index in [9.17, 15) is 23.4 Å². The van der Waals surface area contributed by atoms with Gasteiger partial charge in [0.2, 0.25) is 0 Å². The Morgan fingerprint density at radius 2 is 1.82 bits per heavy atom. The van der Waals surface area contributed by atoms with Crippen LogP contribution >= 0.6 is 11.3 Å². The predicted molar refractivity (Wildman–Crippen MR) is 104 cm³/mol. The standard InChI is InChI=1S/C20H26F3NO3S/c1-14-9-16(28-11-14)3-2-8-27-18-5-4-15(10-17(18)20(21,22)23)6-7-19(24,12-25)13-26/h4-5,9-11,25-26H,2-3,6-8,12-13,24H2,1H3. The zero-order valence-electron chi connectivity index (χ0n) is 15.8. The second-order valence-electron chi connectivity index (χ2n) is 7.05. The average molecular weight is 417 g/mol. The van der Waals surface area contributed by atoms with Crippen LogP contribution in [0.25, 0.3) is 0 Å². The summed E-state index contributed by atoms with van der Waals surface area (Å²) in [6.45, 7) is 1.31. The first kappa shape index (κ1) is 22.7. The Morgan fingerprint density at radius 1 is 1.11 bits per heavy atom. The third kappa shape index (κ3) is 6.48. The van der Waals surface area contributed by atoms with Gasteiger partial charge >= 0.3 is 6.18 Å². The van der Waals surface area contributed by atoms with E-state index in [-0.39, 0.29) is 25.2 Å². The van der Waals surface area contributed by atoms with E-state index in [2.05, 4.69) is 6.07 Å². The summed E-state index contributed by atoms with van der Waals surface area (Å²) in [5.41, 5.74) is 5.34. The monoisotopic (exact) mass is 417 g/mol. The Balaban J connectivity index is 2.01. The van der Waals surface area contributed by atoms with Gasteiger partial charge in [0.25, 0.3) is 0 Å². The number of aryl methyl sites for hydroxylation is 3. The molecule has 156 valence electrons. The average Bonchev–Trinajstić information content (AvgIpc) is 3.08. The van der Waals surface area contributed by atoms with E-state index in [0.29, 0.717) is 12.0 Å². The smallest absolute Gasteiger partial charge is 0.419 e. The number of benzene rings is 1. The minimum Gasteiger partial charge on any atom is -0.493 e. The Labute approximate surface area is 166 Å². The Bertz CT molecular complexity index is 757. The van der Waals surface area contributed by atoms with E-state index in [4.69, 9.17) is 10.5 Å². The number of thiophene rings is 1. The van der Waals surface area contributed by atoms with Gasteiger partial charge in [-0.2, -0.15) is 13.2 Å². The highest BCUT2D eigenvalue weighted by Gasteiger charge is 2.35. The normalized spacial score (nSPS) is 12.4. The maximum Gasteiger partial charge on any atom is 0.419 e. The molecule has 4 N–H and O–H groups in total. The number of rotatable bonds is 10. The summed E-state index contributed by atoms with van der Waals surface area (Å²) >= 11 is 1.63. The molecule has 0 unspecified atom stereocenters. The summed E-state index contributed by atoms with van der Waals surface area (Å²) in [6, 6.07) is 6.00. The second kappa shape index (κ2) is 9.73. The Kier molecular flexibility index (Phi) is 7.88. The molecule has 0 spiro atoms. The molecule has 0 aliphatic heterocycles. The maximum atomic E-state index is 13.4. The van der Waals surface area contributed by atoms with Crippen molar-refractivity contribution in [1.82, 2.24) is 0 Å². The zero-order valence-corrected chi connectivity index (χ0v) is 16.6. The fourth-order valence-electron chi connectivity index (χ4n) is 2.73. The van der Waals surface area contributed by atoms with Crippen LogP contribution in [0.5, 0.6) is 5.75 Å². The maximum absolute atomic E-state index is 13.4. The number of hydrogen-bond donors (Lipinski definition) is 3. The molecule has 0 amide bonds. The van der Waals surface area contributed by atoms with Crippen LogP contribution in [0.3, 0.4) is 0 Å². The van der Waals surface area contributed by atoms with Crippen molar-refractivity contribution in [2.45, 2.75) is 44.3 Å². The molecule has 28 heavy (non-hydrogen) atoms. The molecule has 0 bridgehead atoms. The van der Waals surface area contributed by atoms with E-state index in [1.165, 1.54) is 16.5 Å². The molecular formula is C20H26F3NO3S. The number of aliphatic hydroxyl groups is 2. The molecule has 0 aliphatic carbocycles. The van der Waals surface area contributed by atoms with Crippen molar-refractivity contribution in [2.75, 3.05) is 19.8 Å². The summed E-state index contributed by atoms with van der Waals surface area (Å²) < 4.78 is 45.7. The number of alkyl halides is 3. The zero-order chi connectivity index (χ0) is 20.8. The van der Waals surface area contributed by atoms with E-state index >= 15 is 0 Å². The van der Waals surface area contributed by atoms with E-state index in [0.717, 1.165) is 12.5 Å². The molecule has 0 saturated carbocycles. The van der Waals surface area contributed by atoms with Gasteiger partial charge in [-0.3, -0.25) is 0 Å². The van der Waals surface area contributed by atoms with Crippen molar-refractivity contribution in [2.24, 2.45) is 5.73 Å². The number of halogens is 3. The molecular weight excluding hydrogens is 391 g/mol. The molecule has 0 aliphatic rings. The highest BCUT2D eigenvalue weighted by atomic mass is 32.1. The molecule has 8 heteroatoms. The minimum absolute atomic E-state index is 0.164. The predicted octanol–water partition coefficient (Wildman–Crippen LogP) is 3.70. The number of aliphatic hydroxyl groups excluding tert-OH is 2. The second-order valence-corrected chi connectivity index (χ2v) is 8.05. The summed E-state index contributed by atoms with van der Waals surface area (Å²) in [5, 5.41) is 20.5. The van der Waals surface area contributed by atoms with Gasteiger partial charge in [0, 0.05) is 4.88 Å². The Morgan fingerprint density at radius 3 is 2.39 bits per heavy atom. The van der Waals surface area contributed by atoms with Crippen LogP contribution in [0.2, 0.25) is 0 Å². The third-order valence-corrected chi connectivity index (χ3v) is 5.62. The first-order valence-electron chi connectivity index (χ1n) is 9.04. The summed E-state index contributed by atoms with van der Waals surface area (Å²) in [4.78, 5) is 1.19. The van der Waals surface area contributed by atoms with Gasteiger partial charge in [0.1, 0.15) is 5.75 Å². The topological polar surface area (TPSA) is 75.7 Å². The molecule has 1 heterocycles. The van der Waals surface area contributed by atoms with Crippen LogP contribution in [-0.2, 0) is 19.0 Å². The van der Waals surface area contributed by atoms with Crippen LogP contribution in [0, 0.1) is 6.92 Å². The molecule has 2 rings (SSSR count). The number of hydrogen-bond acceptors (Lipinski definition) is 5. The van der Waals surface area contributed by atoms with Crippen LogP contribution < -0.4 is 10.5 Å². The SMILES string of the molecule is Cc1csc(CCCOc2ccc(CCC(N)(CO)CO)cc2C(F)(F)F)c1. The van der Waals surface area contributed by atoms with Crippen molar-refractivity contribution in [1.29, 1.82) is 0 Å². The number of ether oxygens (including phenoxy) is 1. The molecule has 2 aromatic rings. The Hall–Kier alpha value is -1.61. The van der Waals surface area contributed by atoms with Crippen LogP contribution in [-0.4, -0.2) is 35.6 Å². The molecule has 0 radical (unpaired) electrons. The van der Waals surface area contributed by atoms with E-state index in [1.54, 1.807) is 17.4 Å². The quantitative estimate of drug-likeness (QED) is 0.515. The van der Waals surface area contributed by atoms with Crippen molar-refractivity contribution < 1.29 is 28.1 Å².